The minimum Gasteiger partial charge on any atom is -0.463 e. The predicted octanol–water partition coefficient (Wildman–Crippen LogP) is 0.130. The highest BCUT2D eigenvalue weighted by Gasteiger charge is 2.41. The smallest absolute Gasteiger partial charge is 0.323 e. The third-order valence-electron chi connectivity index (χ3n) is 3.09. The van der Waals surface area contributed by atoms with E-state index in [9.17, 15) is 5.11 Å². The maximum absolute atomic E-state index is 9.26. The molecule has 0 spiro atoms. The molecule has 0 amide bonds. The Morgan fingerprint density at radius 1 is 1.32 bits per heavy atom. The van der Waals surface area contributed by atoms with Gasteiger partial charge in [0.1, 0.15) is 0 Å². The van der Waals surface area contributed by atoms with Crippen molar-refractivity contribution in [2.75, 3.05) is 30.5 Å². The van der Waals surface area contributed by atoms with Crippen molar-refractivity contribution >= 4 is 11.9 Å². The zero-order valence-corrected chi connectivity index (χ0v) is 11.0. The van der Waals surface area contributed by atoms with Crippen LogP contribution in [0, 0.1) is 5.41 Å². The van der Waals surface area contributed by atoms with Crippen molar-refractivity contribution in [1.29, 1.82) is 0 Å². The minimum absolute atomic E-state index is 0.0205. The van der Waals surface area contributed by atoms with Crippen molar-refractivity contribution in [3.05, 3.63) is 0 Å². The summed E-state index contributed by atoms with van der Waals surface area (Å²) in [5.41, 5.74) is 2.36. The first-order valence-corrected chi connectivity index (χ1v) is 6.41. The summed E-state index contributed by atoms with van der Waals surface area (Å²) in [4.78, 5) is 12.2. The van der Waals surface area contributed by atoms with Crippen LogP contribution >= 0.6 is 0 Å². The first kappa shape index (κ1) is 13.8. The van der Waals surface area contributed by atoms with E-state index in [1.54, 1.807) is 0 Å². The number of aliphatic hydroxyl groups excluding tert-OH is 1. The third-order valence-corrected chi connectivity index (χ3v) is 3.09. The lowest BCUT2D eigenvalue weighted by molar-refractivity contribution is 0.219. The average molecular weight is 268 g/mol. The molecule has 1 aromatic heterocycles. The summed E-state index contributed by atoms with van der Waals surface area (Å²) in [5, 5.41) is 12.3. The highest BCUT2D eigenvalue weighted by Crippen LogP contribution is 2.44. The predicted molar refractivity (Wildman–Crippen MR) is 70.7 cm³/mol. The number of anilines is 2. The maximum Gasteiger partial charge on any atom is 0.323 e. The molecule has 1 aromatic rings. The van der Waals surface area contributed by atoms with Gasteiger partial charge in [0, 0.05) is 12.0 Å². The van der Waals surface area contributed by atoms with Gasteiger partial charge in [-0.2, -0.15) is 15.0 Å². The van der Waals surface area contributed by atoms with Crippen LogP contribution in [-0.2, 0) is 0 Å². The van der Waals surface area contributed by atoms with E-state index in [1.165, 1.54) is 0 Å². The van der Waals surface area contributed by atoms with Crippen LogP contribution < -0.4 is 21.3 Å². The second-order valence-corrected chi connectivity index (χ2v) is 4.77. The van der Waals surface area contributed by atoms with E-state index in [2.05, 4.69) is 25.7 Å². The average Bonchev–Trinajstić information content (AvgIpc) is 3.23. The second kappa shape index (κ2) is 5.98. The molecule has 1 aliphatic rings. The lowest BCUT2D eigenvalue weighted by Crippen LogP contribution is -2.21. The van der Waals surface area contributed by atoms with Gasteiger partial charge in [-0.25, -0.2) is 5.84 Å². The van der Waals surface area contributed by atoms with Crippen LogP contribution in [0.25, 0.3) is 0 Å². The summed E-state index contributed by atoms with van der Waals surface area (Å²) in [6, 6.07) is 0.237. The number of hydrogen-bond acceptors (Lipinski definition) is 8. The second-order valence-electron chi connectivity index (χ2n) is 4.77. The molecule has 19 heavy (non-hydrogen) atoms. The van der Waals surface area contributed by atoms with Crippen molar-refractivity contribution < 1.29 is 9.84 Å². The van der Waals surface area contributed by atoms with E-state index >= 15 is 0 Å². The number of hydrazine groups is 1. The van der Waals surface area contributed by atoms with Crippen LogP contribution in [0.2, 0.25) is 0 Å². The van der Waals surface area contributed by atoms with Gasteiger partial charge in [-0.1, -0.05) is 6.92 Å². The van der Waals surface area contributed by atoms with E-state index in [0.29, 0.717) is 19.1 Å². The molecule has 0 aliphatic heterocycles. The molecule has 0 radical (unpaired) electrons. The largest absolute Gasteiger partial charge is 0.463 e. The number of nitrogens with zero attached hydrogens (tertiary/aromatic N) is 3. The summed E-state index contributed by atoms with van der Waals surface area (Å²) in [5.74, 6) is 5.96. The lowest BCUT2D eigenvalue weighted by atomic mass is 10.1. The van der Waals surface area contributed by atoms with E-state index < -0.39 is 0 Å². The number of aromatic nitrogens is 3. The van der Waals surface area contributed by atoms with Crippen LogP contribution in [0.1, 0.15) is 26.2 Å². The first-order chi connectivity index (χ1) is 9.21. The SMILES string of the molecule is CCCOc1nc(NN)nc(NCC2(CO)CC2)n1. The number of nitrogens with two attached hydrogens (primary N) is 1. The monoisotopic (exact) mass is 268 g/mol. The Bertz CT molecular complexity index is 424. The van der Waals surface area contributed by atoms with Gasteiger partial charge in [0.05, 0.1) is 13.2 Å². The van der Waals surface area contributed by atoms with Crippen LogP contribution in [0.4, 0.5) is 11.9 Å². The molecule has 8 nitrogen and oxygen atoms in total. The van der Waals surface area contributed by atoms with E-state index in [1.807, 2.05) is 6.92 Å². The van der Waals surface area contributed by atoms with Crippen LogP contribution in [0.5, 0.6) is 6.01 Å². The third kappa shape index (κ3) is 3.65. The highest BCUT2D eigenvalue weighted by atomic mass is 16.5. The van der Waals surface area contributed by atoms with Crippen LogP contribution in [0.3, 0.4) is 0 Å². The number of ether oxygens (including phenoxy) is 1. The van der Waals surface area contributed by atoms with Gasteiger partial charge in [0.15, 0.2) is 0 Å². The minimum atomic E-state index is -0.0205. The molecule has 1 heterocycles. The van der Waals surface area contributed by atoms with Crippen molar-refractivity contribution in [1.82, 2.24) is 15.0 Å². The number of nitrogen functional groups attached to an aromatic ring is 1. The van der Waals surface area contributed by atoms with Gasteiger partial charge >= 0.3 is 6.01 Å². The van der Waals surface area contributed by atoms with Crippen molar-refractivity contribution in [2.45, 2.75) is 26.2 Å². The summed E-state index contributed by atoms with van der Waals surface area (Å²) in [6.07, 6.45) is 2.90. The van der Waals surface area contributed by atoms with Gasteiger partial charge in [-0.05, 0) is 19.3 Å². The van der Waals surface area contributed by atoms with Gasteiger partial charge in [-0.3, -0.25) is 5.43 Å². The molecule has 0 aromatic carbocycles. The van der Waals surface area contributed by atoms with Crippen molar-refractivity contribution in [3.8, 4) is 6.01 Å². The van der Waals surface area contributed by atoms with Gasteiger partial charge in [0.2, 0.25) is 11.9 Å². The van der Waals surface area contributed by atoms with Crippen LogP contribution in [-0.4, -0.2) is 39.8 Å². The number of rotatable bonds is 8. The summed E-state index contributed by atoms with van der Waals surface area (Å²) < 4.78 is 5.37. The topological polar surface area (TPSA) is 118 Å². The fourth-order valence-electron chi connectivity index (χ4n) is 1.59. The Kier molecular flexibility index (Phi) is 4.33. The molecule has 0 saturated heterocycles. The molecule has 8 heteroatoms. The molecule has 0 atom stereocenters. The molecule has 0 unspecified atom stereocenters. The molecule has 2 rings (SSSR count). The Hall–Kier alpha value is -1.67. The molecule has 106 valence electrons. The normalized spacial score (nSPS) is 15.9. The number of aliphatic hydroxyl groups is 1. The Labute approximate surface area is 111 Å². The molecule has 1 fully saturated rings. The molecule has 0 bridgehead atoms. The Morgan fingerprint density at radius 2 is 2.05 bits per heavy atom. The van der Waals surface area contributed by atoms with Crippen molar-refractivity contribution in [2.24, 2.45) is 11.3 Å². The zero-order valence-electron chi connectivity index (χ0n) is 11.0. The first-order valence-electron chi connectivity index (χ1n) is 6.41. The maximum atomic E-state index is 9.26. The van der Waals surface area contributed by atoms with E-state index in [-0.39, 0.29) is 24.0 Å². The standard InChI is InChI=1S/C11H20N6O2/c1-2-5-19-10-15-8(14-9(16-10)17-12)13-6-11(7-18)3-4-11/h18H,2-7,12H2,1H3,(H2,13,14,15,16,17). The highest BCUT2D eigenvalue weighted by molar-refractivity contribution is 5.35. The molecule has 1 aliphatic carbocycles. The molecular weight excluding hydrogens is 248 g/mol. The summed E-state index contributed by atoms with van der Waals surface area (Å²) in [7, 11) is 0. The van der Waals surface area contributed by atoms with Gasteiger partial charge in [-0.15, -0.1) is 0 Å². The molecule has 1 saturated carbocycles. The molecular formula is C11H20N6O2. The fourth-order valence-corrected chi connectivity index (χ4v) is 1.59. The number of hydrogen-bond donors (Lipinski definition) is 4. The molecule has 5 N–H and O–H groups in total. The van der Waals surface area contributed by atoms with Gasteiger partial charge in [0.25, 0.3) is 0 Å². The van der Waals surface area contributed by atoms with Crippen molar-refractivity contribution in [3.63, 3.8) is 0 Å². The van der Waals surface area contributed by atoms with E-state index in [4.69, 9.17) is 10.6 Å². The zero-order chi connectivity index (χ0) is 13.7. The Morgan fingerprint density at radius 3 is 2.63 bits per heavy atom. The fraction of sp³-hybridized carbons (Fsp3) is 0.727. The number of nitrogens with one attached hydrogen (secondary N) is 2. The quantitative estimate of drug-likeness (QED) is 0.388. The summed E-state index contributed by atoms with van der Waals surface area (Å²) in [6.45, 7) is 3.34. The van der Waals surface area contributed by atoms with Crippen LogP contribution in [0.15, 0.2) is 0 Å². The Balaban J connectivity index is 2.01. The summed E-state index contributed by atoms with van der Waals surface area (Å²) >= 11 is 0. The van der Waals surface area contributed by atoms with E-state index in [0.717, 1.165) is 19.3 Å². The van der Waals surface area contributed by atoms with Gasteiger partial charge < -0.3 is 15.2 Å². The lowest BCUT2D eigenvalue weighted by Gasteiger charge is -2.13.